The number of carbonyl (C=O) groups is 4. The van der Waals surface area contributed by atoms with Gasteiger partial charge in [-0.25, -0.2) is 4.79 Å². The Kier molecular flexibility index (Phi) is 53.0. The van der Waals surface area contributed by atoms with Gasteiger partial charge in [0.1, 0.15) is 18.8 Å². The van der Waals surface area contributed by atoms with E-state index in [0.717, 1.165) is 89.9 Å². The number of unbranched alkanes of at least 4 members (excludes halogenated alkanes) is 33. The van der Waals surface area contributed by atoms with Crippen molar-refractivity contribution in [1.29, 1.82) is 0 Å². The smallest absolute Gasteiger partial charge is 0.335 e. The zero-order chi connectivity index (χ0) is 58.9. The lowest BCUT2D eigenvalue weighted by atomic mass is 9.98. The summed E-state index contributed by atoms with van der Waals surface area (Å²) < 4.78 is 28.5. The molecular formula is C69H120O12. The quantitative estimate of drug-likeness (QED) is 0.0228. The van der Waals surface area contributed by atoms with Crippen molar-refractivity contribution in [2.24, 2.45) is 0 Å². The molecule has 6 unspecified atom stereocenters. The minimum Gasteiger partial charge on any atom is -0.479 e. The van der Waals surface area contributed by atoms with Crippen LogP contribution in [0.15, 0.2) is 60.8 Å². The van der Waals surface area contributed by atoms with Crippen LogP contribution in [0.3, 0.4) is 0 Å². The van der Waals surface area contributed by atoms with Crippen molar-refractivity contribution in [3.8, 4) is 0 Å². The number of carboxylic acids is 1. The number of carboxylic acid groups (broad SMARTS) is 1. The SMILES string of the molecule is CC/C=C\C/C=C\C/C=C\C/C=C\CCCCC(=O)OC(COC(=O)CCCCCCCCCCCCCCCCCCCCC)COC1OC(C(=O)O)C(O)C(O)C1OC(=O)CCCCCCCCC/C=C\CCCCCCCC. The summed E-state index contributed by atoms with van der Waals surface area (Å²) in [5, 5.41) is 31.6. The Hall–Kier alpha value is -3.58. The van der Waals surface area contributed by atoms with E-state index in [4.69, 9.17) is 23.7 Å². The van der Waals surface area contributed by atoms with Crippen LogP contribution in [0.1, 0.15) is 303 Å². The third kappa shape index (κ3) is 46.5. The summed E-state index contributed by atoms with van der Waals surface area (Å²) in [4.78, 5) is 51.3. The topological polar surface area (TPSA) is 175 Å². The average molecular weight is 1140 g/mol. The highest BCUT2D eigenvalue weighted by Crippen LogP contribution is 2.27. The maximum atomic E-state index is 13.2. The number of aliphatic hydroxyl groups excluding tert-OH is 2. The molecule has 1 aliphatic heterocycles. The number of hydrogen-bond acceptors (Lipinski definition) is 11. The monoisotopic (exact) mass is 1140 g/mol. The predicted molar refractivity (Wildman–Crippen MR) is 331 cm³/mol. The Morgan fingerprint density at radius 2 is 0.778 bits per heavy atom. The summed E-state index contributed by atoms with van der Waals surface area (Å²) in [6.07, 6.45) is 59.0. The maximum absolute atomic E-state index is 13.2. The number of allylic oxidation sites excluding steroid dienone is 10. The molecule has 1 saturated heterocycles. The lowest BCUT2D eigenvalue weighted by molar-refractivity contribution is -0.301. The van der Waals surface area contributed by atoms with Crippen molar-refractivity contribution in [1.82, 2.24) is 0 Å². The second-order valence-electron chi connectivity index (χ2n) is 22.7. The third-order valence-corrected chi connectivity index (χ3v) is 15.1. The number of hydrogen-bond donors (Lipinski definition) is 3. The first-order valence-corrected chi connectivity index (χ1v) is 33.3. The molecule has 0 amide bonds. The molecule has 6 atom stereocenters. The van der Waals surface area contributed by atoms with E-state index in [1.54, 1.807) is 0 Å². The molecule has 1 fully saturated rings. The Morgan fingerprint density at radius 1 is 0.420 bits per heavy atom. The second-order valence-corrected chi connectivity index (χ2v) is 22.7. The molecule has 81 heavy (non-hydrogen) atoms. The largest absolute Gasteiger partial charge is 0.479 e. The van der Waals surface area contributed by atoms with Crippen LogP contribution < -0.4 is 0 Å². The summed E-state index contributed by atoms with van der Waals surface area (Å²) >= 11 is 0. The number of aliphatic hydroxyl groups is 2. The van der Waals surface area contributed by atoms with Crippen LogP contribution in [-0.4, -0.2) is 89.2 Å². The highest BCUT2D eigenvalue weighted by atomic mass is 16.7. The summed E-state index contributed by atoms with van der Waals surface area (Å²) in [6.45, 7) is 5.89. The van der Waals surface area contributed by atoms with Crippen LogP contribution in [0.4, 0.5) is 0 Å². The van der Waals surface area contributed by atoms with E-state index in [-0.39, 0.29) is 25.9 Å². The van der Waals surface area contributed by atoms with Gasteiger partial charge < -0.3 is 39.0 Å². The fraction of sp³-hybridized carbons (Fsp3) is 0.797. The molecule has 1 heterocycles. The molecule has 0 radical (unpaired) electrons. The summed E-state index contributed by atoms with van der Waals surface area (Å²) in [5.74, 6) is -3.16. The molecule has 468 valence electrons. The lowest BCUT2D eigenvalue weighted by Crippen LogP contribution is -2.61. The molecule has 0 aromatic rings. The molecule has 12 heteroatoms. The summed E-state index contributed by atoms with van der Waals surface area (Å²) in [5.41, 5.74) is 0. The number of carbonyl (C=O) groups excluding carboxylic acids is 3. The van der Waals surface area contributed by atoms with Gasteiger partial charge in [-0.05, 0) is 83.5 Å². The fourth-order valence-corrected chi connectivity index (χ4v) is 10.0. The lowest BCUT2D eigenvalue weighted by Gasteiger charge is -2.40. The Labute approximate surface area is 494 Å². The molecule has 0 bridgehead atoms. The van der Waals surface area contributed by atoms with Gasteiger partial charge in [-0.1, -0.05) is 261 Å². The molecule has 0 spiro atoms. The van der Waals surface area contributed by atoms with Crippen molar-refractivity contribution in [2.75, 3.05) is 13.2 Å². The molecular weight excluding hydrogens is 1020 g/mol. The molecule has 12 nitrogen and oxygen atoms in total. The standard InChI is InChI=1S/C69H120O12/c1-4-7-10-13-16-19-22-25-28-30-31-33-35-37-40-43-46-49-52-55-61(70)77-58-60(79-62(71)56-53-50-47-44-41-38-34-27-24-21-18-15-12-9-6-3)59-78-69-67(65(74)64(73)66(81-69)68(75)76)80-63(72)57-54-51-48-45-42-39-36-32-29-26-23-20-17-14-11-8-5-2/h9,12,18,21,26-27,29,34,41,44,60,64-67,69,73-74H,4-8,10-11,13-17,19-20,22-25,28,30-33,35-40,42-43,45-59H2,1-3H3,(H,75,76)/b12-9-,21-18-,29-26-,34-27-,44-41-. The van der Waals surface area contributed by atoms with Crippen molar-refractivity contribution in [2.45, 2.75) is 340 Å². The van der Waals surface area contributed by atoms with Gasteiger partial charge in [-0.15, -0.1) is 0 Å². The van der Waals surface area contributed by atoms with Crippen molar-refractivity contribution >= 4 is 23.9 Å². The van der Waals surface area contributed by atoms with Crippen molar-refractivity contribution in [3.05, 3.63) is 60.8 Å². The van der Waals surface area contributed by atoms with Crippen LogP contribution in [0, 0.1) is 0 Å². The van der Waals surface area contributed by atoms with Crippen LogP contribution in [0.5, 0.6) is 0 Å². The zero-order valence-electron chi connectivity index (χ0n) is 51.8. The third-order valence-electron chi connectivity index (χ3n) is 15.1. The molecule has 0 saturated carbocycles. The first-order chi connectivity index (χ1) is 39.6. The van der Waals surface area contributed by atoms with E-state index < -0.39 is 67.3 Å². The van der Waals surface area contributed by atoms with Gasteiger partial charge in [0.2, 0.25) is 0 Å². The number of rotatable bonds is 57. The van der Waals surface area contributed by atoms with Gasteiger partial charge in [0.25, 0.3) is 0 Å². The van der Waals surface area contributed by atoms with Gasteiger partial charge >= 0.3 is 23.9 Å². The second kappa shape index (κ2) is 56.9. The van der Waals surface area contributed by atoms with E-state index in [1.165, 1.54) is 154 Å². The van der Waals surface area contributed by atoms with Crippen molar-refractivity contribution < 1.29 is 58.2 Å². The fourth-order valence-electron chi connectivity index (χ4n) is 10.0. The number of ether oxygens (including phenoxy) is 5. The minimum atomic E-state index is -1.91. The first kappa shape index (κ1) is 75.4. The summed E-state index contributed by atoms with van der Waals surface area (Å²) in [6, 6.07) is 0. The molecule has 0 aromatic carbocycles. The molecule has 3 N–H and O–H groups in total. The highest BCUT2D eigenvalue weighted by molar-refractivity contribution is 5.74. The van der Waals surface area contributed by atoms with E-state index in [0.29, 0.717) is 19.3 Å². The van der Waals surface area contributed by atoms with Gasteiger partial charge in [0.05, 0.1) is 6.61 Å². The van der Waals surface area contributed by atoms with Gasteiger partial charge in [-0.2, -0.15) is 0 Å². The Morgan fingerprint density at radius 3 is 1.22 bits per heavy atom. The molecule has 0 aliphatic carbocycles. The van der Waals surface area contributed by atoms with E-state index >= 15 is 0 Å². The summed E-state index contributed by atoms with van der Waals surface area (Å²) in [7, 11) is 0. The normalized spacial score (nSPS) is 18.1. The van der Waals surface area contributed by atoms with Crippen LogP contribution >= 0.6 is 0 Å². The van der Waals surface area contributed by atoms with E-state index in [1.807, 2.05) is 0 Å². The van der Waals surface area contributed by atoms with Gasteiger partial charge in [0.15, 0.2) is 24.6 Å². The molecule has 1 aliphatic rings. The Bertz CT molecular complexity index is 1640. The highest BCUT2D eigenvalue weighted by Gasteiger charge is 2.50. The first-order valence-electron chi connectivity index (χ1n) is 33.3. The van der Waals surface area contributed by atoms with E-state index in [9.17, 15) is 34.5 Å². The molecule has 0 aromatic heterocycles. The Balaban J connectivity index is 2.65. The average Bonchev–Trinajstić information content (AvgIpc) is 3.53. The van der Waals surface area contributed by atoms with Crippen LogP contribution in [0.25, 0.3) is 0 Å². The maximum Gasteiger partial charge on any atom is 0.335 e. The molecule has 1 rings (SSSR count). The van der Waals surface area contributed by atoms with Gasteiger partial charge in [0, 0.05) is 19.3 Å². The predicted octanol–water partition coefficient (Wildman–Crippen LogP) is 17.9. The number of aliphatic carboxylic acids is 1. The van der Waals surface area contributed by atoms with Crippen LogP contribution in [-0.2, 0) is 42.9 Å². The van der Waals surface area contributed by atoms with E-state index in [2.05, 4.69) is 81.5 Å². The minimum absolute atomic E-state index is 0.0514. The van der Waals surface area contributed by atoms with Crippen LogP contribution in [0.2, 0.25) is 0 Å². The zero-order valence-corrected chi connectivity index (χ0v) is 51.8. The number of esters is 3. The van der Waals surface area contributed by atoms with Crippen molar-refractivity contribution in [3.63, 3.8) is 0 Å². The van der Waals surface area contributed by atoms with Gasteiger partial charge in [-0.3, -0.25) is 14.4 Å².